The highest BCUT2D eigenvalue weighted by atomic mass is 16.5. The largest absolute Gasteiger partial charge is 0.382 e. The van der Waals surface area contributed by atoms with Crippen LogP contribution in [0, 0.1) is 5.92 Å². The van der Waals surface area contributed by atoms with Gasteiger partial charge in [0.2, 0.25) is 0 Å². The Kier molecular flexibility index (Phi) is 7.71. The van der Waals surface area contributed by atoms with Crippen molar-refractivity contribution in [2.75, 3.05) is 65.1 Å². The van der Waals surface area contributed by atoms with Gasteiger partial charge in [-0.3, -0.25) is 4.99 Å². The number of pyridine rings is 1. The molecule has 2 saturated heterocycles. The third-order valence-corrected chi connectivity index (χ3v) is 5.27. The lowest BCUT2D eigenvalue weighted by atomic mass is 10.1. The molecule has 1 atom stereocenters. The van der Waals surface area contributed by atoms with Gasteiger partial charge in [0, 0.05) is 59.0 Å². The van der Waals surface area contributed by atoms with Crippen LogP contribution in [0.2, 0.25) is 0 Å². The molecule has 3 rings (SSSR count). The summed E-state index contributed by atoms with van der Waals surface area (Å²) in [7, 11) is 3.56. The Morgan fingerprint density at radius 2 is 2.15 bits per heavy atom. The van der Waals surface area contributed by atoms with Crippen molar-refractivity contribution in [1.82, 2.24) is 15.2 Å². The van der Waals surface area contributed by atoms with Crippen LogP contribution in [0.25, 0.3) is 0 Å². The molecule has 2 fully saturated rings. The second-order valence-corrected chi connectivity index (χ2v) is 7.29. The van der Waals surface area contributed by atoms with Crippen LogP contribution in [0.4, 0.5) is 5.82 Å². The average Bonchev–Trinajstić information content (AvgIpc) is 3.39. The summed E-state index contributed by atoms with van der Waals surface area (Å²) in [4.78, 5) is 13.7. The molecule has 1 N–H and O–H groups in total. The first kappa shape index (κ1) is 19.9. The minimum Gasteiger partial charge on any atom is -0.382 e. The second kappa shape index (κ2) is 10.5. The lowest BCUT2D eigenvalue weighted by molar-refractivity contribution is 0.0536. The highest BCUT2D eigenvalue weighted by Crippen LogP contribution is 2.19. The van der Waals surface area contributed by atoms with E-state index in [9.17, 15) is 0 Å². The summed E-state index contributed by atoms with van der Waals surface area (Å²) >= 11 is 0. The summed E-state index contributed by atoms with van der Waals surface area (Å²) < 4.78 is 10.7. The number of aromatic nitrogens is 1. The quantitative estimate of drug-likeness (QED) is 0.424. The number of hydrogen-bond donors (Lipinski definition) is 1. The lowest BCUT2D eigenvalue weighted by Gasteiger charge is -2.22. The summed E-state index contributed by atoms with van der Waals surface area (Å²) in [6.07, 6.45) is 5.59. The zero-order valence-corrected chi connectivity index (χ0v) is 16.7. The van der Waals surface area contributed by atoms with E-state index in [1.165, 1.54) is 18.4 Å². The molecule has 2 aliphatic heterocycles. The molecule has 0 amide bonds. The predicted octanol–water partition coefficient (Wildman–Crippen LogP) is 1.74. The number of aliphatic imine (C=N–C) groups is 1. The highest BCUT2D eigenvalue weighted by molar-refractivity contribution is 5.80. The van der Waals surface area contributed by atoms with Gasteiger partial charge in [0.1, 0.15) is 5.82 Å². The number of nitrogens with zero attached hydrogens (tertiary/aromatic N) is 4. The Hall–Kier alpha value is -1.86. The van der Waals surface area contributed by atoms with Gasteiger partial charge in [0.05, 0.1) is 19.8 Å². The molecule has 27 heavy (non-hydrogen) atoms. The van der Waals surface area contributed by atoms with Crippen molar-refractivity contribution in [3.8, 4) is 0 Å². The topological polar surface area (TPSA) is 62.2 Å². The van der Waals surface area contributed by atoms with E-state index < -0.39 is 0 Å². The number of ether oxygens (including phenoxy) is 2. The zero-order valence-electron chi connectivity index (χ0n) is 16.7. The van der Waals surface area contributed by atoms with Crippen molar-refractivity contribution in [2.45, 2.75) is 25.8 Å². The van der Waals surface area contributed by atoms with Gasteiger partial charge in [0.15, 0.2) is 5.96 Å². The van der Waals surface area contributed by atoms with Crippen LogP contribution >= 0.6 is 0 Å². The SMILES string of the molecule is CN=C(NCc1ccnc(N2CCCC2)c1)N1CCC(COCCOC)C1. The Labute approximate surface area is 162 Å². The van der Waals surface area contributed by atoms with Gasteiger partial charge >= 0.3 is 0 Å². The van der Waals surface area contributed by atoms with Crippen molar-refractivity contribution in [1.29, 1.82) is 0 Å². The number of methoxy groups -OCH3 is 1. The van der Waals surface area contributed by atoms with Crippen molar-refractivity contribution in [2.24, 2.45) is 10.9 Å². The highest BCUT2D eigenvalue weighted by Gasteiger charge is 2.25. The zero-order chi connectivity index (χ0) is 18.9. The number of anilines is 1. The number of likely N-dealkylation sites (tertiary alicyclic amines) is 1. The van der Waals surface area contributed by atoms with E-state index in [0.717, 1.165) is 57.5 Å². The monoisotopic (exact) mass is 375 g/mol. The van der Waals surface area contributed by atoms with E-state index in [4.69, 9.17) is 9.47 Å². The number of guanidine groups is 1. The first-order valence-corrected chi connectivity index (χ1v) is 10.0. The maximum Gasteiger partial charge on any atom is 0.193 e. The molecule has 0 spiro atoms. The smallest absolute Gasteiger partial charge is 0.193 e. The molecule has 0 bridgehead atoms. The Balaban J connectivity index is 1.46. The molecule has 0 saturated carbocycles. The normalized spacial score (nSPS) is 20.5. The Morgan fingerprint density at radius 3 is 2.93 bits per heavy atom. The van der Waals surface area contributed by atoms with E-state index in [2.05, 4.69) is 37.2 Å². The lowest BCUT2D eigenvalue weighted by Crippen LogP contribution is -2.39. The number of nitrogens with one attached hydrogen (secondary N) is 1. The summed E-state index contributed by atoms with van der Waals surface area (Å²) in [5.74, 6) is 2.62. The third-order valence-electron chi connectivity index (χ3n) is 5.27. The maximum atomic E-state index is 5.69. The Morgan fingerprint density at radius 1 is 1.30 bits per heavy atom. The third kappa shape index (κ3) is 5.81. The summed E-state index contributed by atoms with van der Waals surface area (Å²) in [6.45, 7) is 7.13. The molecule has 0 radical (unpaired) electrons. The van der Waals surface area contributed by atoms with Crippen LogP contribution in [-0.2, 0) is 16.0 Å². The summed E-state index contributed by atoms with van der Waals surface area (Å²) in [5.41, 5.74) is 1.24. The van der Waals surface area contributed by atoms with Crippen LogP contribution in [0.5, 0.6) is 0 Å². The molecule has 0 aromatic carbocycles. The van der Waals surface area contributed by atoms with Crippen LogP contribution in [0.1, 0.15) is 24.8 Å². The standard InChI is InChI=1S/C20H33N5O2/c1-21-20(25-10-6-18(15-25)16-27-12-11-26-2)23-14-17-5-7-22-19(13-17)24-8-3-4-9-24/h5,7,13,18H,3-4,6,8-12,14-16H2,1-2H3,(H,21,23). The van der Waals surface area contributed by atoms with Gasteiger partial charge in [0.25, 0.3) is 0 Å². The van der Waals surface area contributed by atoms with Crippen molar-refractivity contribution < 1.29 is 9.47 Å². The van der Waals surface area contributed by atoms with Crippen molar-refractivity contribution in [3.05, 3.63) is 23.9 Å². The fourth-order valence-corrected chi connectivity index (χ4v) is 3.76. The van der Waals surface area contributed by atoms with E-state index >= 15 is 0 Å². The van der Waals surface area contributed by atoms with Gasteiger partial charge in [-0.2, -0.15) is 0 Å². The van der Waals surface area contributed by atoms with Crippen LogP contribution in [-0.4, -0.2) is 76.0 Å². The van der Waals surface area contributed by atoms with Gasteiger partial charge in [-0.1, -0.05) is 0 Å². The molecule has 1 aromatic rings. The van der Waals surface area contributed by atoms with Crippen LogP contribution in [0.15, 0.2) is 23.3 Å². The first-order valence-electron chi connectivity index (χ1n) is 10.0. The molecule has 1 aromatic heterocycles. The minimum absolute atomic E-state index is 0.558. The van der Waals surface area contributed by atoms with E-state index in [-0.39, 0.29) is 0 Å². The molecule has 7 heteroatoms. The van der Waals surface area contributed by atoms with Gasteiger partial charge in [-0.25, -0.2) is 4.98 Å². The van der Waals surface area contributed by atoms with Crippen molar-refractivity contribution in [3.63, 3.8) is 0 Å². The predicted molar refractivity (Wildman–Crippen MR) is 108 cm³/mol. The molecule has 7 nitrogen and oxygen atoms in total. The van der Waals surface area contributed by atoms with Gasteiger partial charge in [-0.05, 0) is 37.0 Å². The molecule has 0 aliphatic carbocycles. The average molecular weight is 376 g/mol. The molecular formula is C20H33N5O2. The maximum absolute atomic E-state index is 5.69. The van der Waals surface area contributed by atoms with Crippen LogP contribution < -0.4 is 10.2 Å². The Bertz CT molecular complexity index is 604. The van der Waals surface area contributed by atoms with Gasteiger partial charge in [-0.15, -0.1) is 0 Å². The molecular weight excluding hydrogens is 342 g/mol. The summed E-state index contributed by atoms with van der Waals surface area (Å²) in [5, 5.41) is 3.51. The van der Waals surface area contributed by atoms with E-state index in [1.807, 2.05) is 13.2 Å². The van der Waals surface area contributed by atoms with Gasteiger partial charge < -0.3 is 24.6 Å². The minimum atomic E-state index is 0.558. The number of hydrogen-bond acceptors (Lipinski definition) is 5. The number of rotatable bonds is 8. The van der Waals surface area contributed by atoms with E-state index in [1.54, 1.807) is 7.11 Å². The first-order chi connectivity index (χ1) is 13.3. The fraction of sp³-hybridized carbons (Fsp3) is 0.700. The molecule has 2 aliphatic rings. The molecule has 1 unspecified atom stereocenters. The fourth-order valence-electron chi connectivity index (χ4n) is 3.76. The second-order valence-electron chi connectivity index (χ2n) is 7.29. The molecule has 150 valence electrons. The summed E-state index contributed by atoms with van der Waals surface area (Å²) in [6, 6.07) is 4.28. The van der Waals surface area contributed by atoms with Crippen molar-refractivity contribution >= 4 is 11.8 Å². The van der Waals surface area contributed by atoms with E-state index in [0.29, 0.717) is 19.1 Å². The van der Waals surface area contributed by atoms with Crippen LogP contribution in [0.3, 0.4) is 0 Å². The molecule has 3 heterocycles.